The number of carbonyl (C=O) groups is 1. The minimum Gasteiger partial charge on any atom is -0.332 e. The van der Waals surface area contributed by atoms with Crippen molar-refractivity contribution in [1.29, 1.82) is 0 Å². The van der Waals surface area contributed by atoms with E-state index in [1.165, 1.54) is 0 Å². The lowest BCUT2D eigenvalue weighted by molar-refractivity contribution is 0.0649. The Morgan fingerprint density at radius 3 is 3.12 bits per heavy atom. The Morgan fingerprint density at radius 2 is 2.50 bits per heavy atom. The van der Waals surface area contributed by atoms with Crippen LogP contribution < -0.4 is 5.32 Å². The van der Waals surface area contributed by atoms with E-state index in [-0.39, 0.29) is 11.9 Å². The highest BCUT2D eigenvalue weighted by molar-refractivity contribution is 5.92. The number of hydrogen-bond donors (Lipinski definition) is 2. The molecule has 2 heterocycles. The summed E-state index contributed by atoms with van der Waals surface area (Å²) in [5.41, 5.74) is 1.54. The van der Waals surface area contributed by atoms with Gasteiger partial charge in [-0.3, -0.25) is 9.89 Å². The van der Waals surface area contributed by atoms with Gasteiger partial charge < -0.3 is 10.2 Å². The zero-order valence-corrected chi connectivity index (χ0v) is 9.79. The zero-order chi connectivity index (χ0) is 11.5. The van der Waals surface area contributed by atoms with Crippen LogP contribution in [0, 0.1) is 0 Å². The molecular formula is C11H18N4O. The SMILES string of the molecule is CCc1cc(C(=O)N2CCNC[C@@H]2C)n[nH]1. The van der Waals surface area contributed by atoms with E-state index in [9.17, 15) is 4.79 Å². The number of rotatable bonds is 2. The molecule has 1 amide bonds. The molecule has 0 unspecified atom stereocenters. The minimum atomic E-state index is 0.0324. The van der Waals surface area contributed by atoms with E-state index in [0.29, 0.717) is 5.69 Å². The first-order valence-corrected chi connectivity index (χ1v) is 5.78. The van der Waals surface area contributed by atoms with Crippen LogP contribution in [0.25, 0.3) is 0 Å². The molecule has 88 valence electrons. The molecule has 1 aromatic heterocycles. The third kappa shape index (κ3) is 2.09. The highest BCUT2D eigenvalue weighted by Crippen LogP contribution is 2.09. The maximum Gasteiger partial charge on any atom is 0.274 e. The number of amides is 1. The van der Waals surface area contributed by atoms with Crippen LogP contribution in [0.5, 0.6) is 0 Å². The van der Waals surface area contributed by atoms with E-state index in [1.54, 1.807) is 0 Å². The molecular weight excluding hydrogens is 204 g/mol. The quantitative estimate of drug-likeness (QED) is 0.761. The van der Waals surface area contributed by atoms with Crippen molar-refractivity contribution in [3.63, 3.8) is 0 Å². The standard InChI is InChI=1S/C11H18N4O/c1-3-9-6-10(14-13-9)11(16)15-5-4-12-7-8(15)2/h6,8,12H,3-5,7H2,1-2H3,(H,13,14)/t8-/m0/s1. The Bertz CT molecular complexity index is 374. The van der Waals surface area contributed by atoms with Crippen LogP contribution in [-0.4, -0.2) is 46.7 Å². The molecule has 1 fully saturated rings. The summed E-state index contributed by atoms with van der Waals surface area (Å²) in [6.07, 6.45) is 0.872. The summed E-state index contributed by atoms with van der Waals surface area (Å²) in [6, 6.07) is 2.08. The van der Waals surface area contributed by atoms with Gasteiger partial charge in [0.1, 0.15) is 5.69 Å². The molecule has 1 aromatic rings. The van der Waals surface area contributed by atoms with Crippen LogP contribution in [0.2, 0.25) is 0 Å². The molecule has 2 N–H and O–H groups in total. The molecule has 0 saturated carbocycles. The second-order valence-corrected chi connectivity index (χ2v) is 4.18. The number of piperazine rings is 1. The van der Waals surface area contributed by atoms with Gasteiger partial charge in [-0.25, -0.2) is 0 Å². The number of nitrogens with zero attached hydrogens (tertiary/aromatic N) is 2. The Kier molecular flexibility index (Phi) is 3.24. The summed E-state index contributed by atoms with van der Waals surface area (Å²) in [6.45, 7) is 6.57. The second-order valence-electron chi connectivity index (χ2n) is 4.18. The number of aromatic nitrogens is 2. The monoisotopic (exact) mass is 222 g/mol. The molecule has 0 bridgehead atoms. The molecule has 1 aliphatic rings. The van der Waals surface area contributed by atoms with Crippen LogP contribution in [0.3, 0.4) is 0 Å². The van der Waals surface area contributed by atoms with Crippen LogP contribution in [-0.2, 0) is 6.42 Å². The first kappa shape index (κ1) is 11.1. The number of aromatic amines is 1. The van der Waals surface area contributed by atoms with Crippen molar-refractivity contribution >= 4 is 5.91 Å². The summed E-state index contributed by atoms with van der Waals surface area (Å²) >= 11 is 0. The van der Waals surface area contributed by atoms with Crippen molar-refractivity contribution in [3.8, 4) is 0 Å². The van der Waals surface area contributed by atoms with E-state index in [1.807, 2.05) is 17.9 Å². The normalized spacial score (nSPS) is 21.1. The first-order valence-electron chi connectivity index (χ1n) is 5.78. The van der Waals surface area contributed by atoms with Gasteiger partial charge in [0.05, 0.1) is 0 Å². The van der Waals surface area contributed by atoms with Gasteiger partial charge in [0.25, 0.3) is 5.91 Å². The summed E-state index contributed by atoms with van der Waals surface area (Å²) in [5.74, 6) is 0.0324. The van der Waals surface area contributed by atoms with Crippen molar-refractivity contribution < 1.29 is 4.79 Å². The largest absolute Gasteiger partial charge is 0.332 e. The summed E-state index contributed by atoms with van der Waals surface area (Å²) in [4.78, 5) is 14.0. The van der Waals surface area contributed by atoms with Crippen LogP contribution in [0.1, 0.15) is 30.0 Å². The summed E-state index contributed by atoms with van der Waals surface area (Å²) < 4.78 is 0. The molecule has 16 heavy (non-hydrogen) atoms. The van der Waals surface area contributed by atoms with E-state index >= 15 is 0 Å². The number of H-pyrrole nitrogens is 1. The van der Waals surface area contributed by atoms with Gasteiger partial charge in [0, 0.05) is 31.4 Å². The van der Waals surface area contributed by atoms with Gasteiger partial charge in [-0.1, -0.05) is 6.92 Å². The Morgan fingerprint density at radius 1 is 1.69 bits per heavy atom. The van der Waals surface area contributed by atoms with Crippen molar-refractivity contribution in [3.05, 3.63) is 17.5 Å². The molecule has 0 aromatic carbocycles. The van der Waals surface area contributed by atoms with E-state index in [0.717, 1.165) is 31.7 Å². The predicted octanol–water partition coefficient (Wildman–Crippen LogP) is 0.406. The maximum absolute atomic E-state index is 12.2. The average molecular weight is 222 g/mol. The fraction of sp³-hybridized carbons (Fsp3) is 0.636. The molecule has 0 spiro atoms. The zero-order valence-electron chi connectivity index (χ0n) is 9.79. The van der Waals surface area contributed by atoms with Crippen molar-refractivity contribution in [1.82, 2.24) is 20.4 Å². The Hall–Kier alpha value is -1.36. The number of aryl methyl sites for hydroxylation is 1. The van der Waals surface area contributed by atoms with Gasteiger partial charge in [-0.05, 0) is 19.4 Å². The van der Waals surface area contributed by atoms with Gasteiger partial charge in [-0.2, -0.15) is 5.10 Å². The van der Waals surface area contributed by atoms with Crippen LogP contribution in [0.4, 0.5) is 0 Å². The summed E-state index contributed by atoms with van der Waals surface area (Å²) in [5, 5.41) is 10.2. The molecule has 0 radical (unpaired) electrons. The van der Waals surface area contributed by atoms with Crippen molar-refractivity contribution in [2.45, 2.75) is 26.3 Å². The molecule has 5 nitrogen and oxygen atoms in total. The molecule has 1 saturated heterocycles. The van der Waals surface area contributed by atoms with E-state index in [2.05, 4.69) is 22.4 Å². The van der Waals surface area contributed by atoms with Crippen LogP contribution >= 0.6 is 0 Å². The Labute approximate surface area is 95.2 Å². The third-order valence-corrected chi connectivity index (χ3v) is 2.99. The topological polar surface area (TPSA) is 61.0 Å². The minimum absolute atomic E-state index is 0.0324. The van der Waals surface area contributed by atoms with Gasteiger partial charge in [0.15, 0.2) is 0 Å². The average Bonchev–Trinajstić information content (AvgIpc) is 2.77. The highest BCUT2D eigenvalue weighted by Gasteiger charge is 2.25. The molecule has 1 atom stereocenters. The Balaban J connectivity index is 2.11. The number of carbonyl (C=O) groups excluding carboxylic acids is 1. The number of hydrogen-bond acceptors (Lipinski definition) is 3. The highest BCUT2D eigenvalue weighted by atomic mass is 16.2. The lowest BCUT2D eigenvalue weighted by atomic mass is 10.2. The van der Waals surface area contributed by atoms with Gasteiger partial charge in [0.2, 0.25) is 0 Å². The molecule has 0 aliphatic carbocycles. The third-order valence-electron chi connectivity index (χ3n) is 2.99. The van der Waals surface area contributed by atoms with E-state index in [4.69, 9.17) is 0 Å². The van der Waals surface area contributed by atoms with E-state index < -0.39 is 0 Å². The summed E-state index contributed by atoms with van der Waals surface area (Å²) in [7, 11) is 0. The molecule has 2 rings (SSSR count). The molecule has 5 heteroatoms. The smallest absolute Gasteiger partial charge is 0.274 e. The maximum atomic E-state index is 12.2. The first-order chi connectivity index (χ1) is 7.72. The molecule has 1 aliphatic heterocycles. The number of nitrogens with one attached hydrogen (secondary N) is 2. The lowest BCUT2D eigenvalue weighted by Crippen LogP contribution is -2.52. The second kappa shape index (κ2) is 4.65. The fourth-order valence-electron chi connectivity index (χ4n) is 1.94. The van der Waals surface area contributed by atoms with Crippen LogP contribution in [0.15, 0.2) is 6.07 Å². The predicted molar refractivity (Wildman–Crippen MR) is 61.3 cm³/mol. The van der Waals surface area contributed by atoms with Gasteiger partial charge >= 0.3 is 0 Å². The lowest BCUT2D eigenvalue weighted by Gasteiger charge is -2.33. The van der Waals surface area contributed by atoms with Gasteiger partial charge in [-0.15, -0.1) is 0 Å². The van der Waals surface area contributed by atoms with Crippen molar-refractivity contribution in [2.24, 2.45) is 0 Å². The fourth-order valence-corrected chi connectivity index (χ4v) is 1.94. The van der Waals surface area contributed by atoms with Crippen molar-refractivity contribution in [2.75, 3.05) is 19.6 Å².